The number of rotatable bonds is 1. The molecule has 0 spiro atoms. The lowest BCUT2D eigenvalue weighted by Crippen LogP contribution is -1.93. The molecule has 5 aromatic heterocycles. The Bertz CT molecular complexity index is 1620. The van der Waals surface area contributed by atoms with Crippen LogP contribution in [0.4, 0.5) is 0 Å². The number of thiophene rings is 2. The Hall–Kier alpha value is -2.56. The molecule has 7 rings (SSSR count). The average molecular weight is 371 g/mol. The molecule has 0 aliphatic rings. The highest BCUT2D eigenvalue weighted by atomic mass is 32.1. The van der Waals surface area contributed by atoms with E-state index >= 15 is 0 Å². The zero-order chi connectivity index (χ0) is 17.0. The summed E-state index contributed by atoms with van der Waals surface area (Å²) in [5.41, 5.74) is 5.41. The quantitative estimate of drug-likeness (QED) is 0.292. The van der Waals surface area contributed by atoms with Crippen molar-refractivity contribution in [3.8, 4) is 0 Å². The fraction of sp³-hybridized carbons (Fsp3) is 0.0909. The number of benzene rings is 2. The maximum absolute atomic E-state index is 2.52. The summed E-state index contributed by atoms with van der Waals surface area (Å²) in [6.45, 7) is 3.23. The van der Waals surface area contributed by atoms with Crippen molar-refractivity contribution in [3.63, 3.8) is 0 Å². The maximum atomic E-state index is 2.52. The van der Waals surface area contributed by atoms with Gasteiger partial charge in [-0.3, -0.25) is 4.40 Å². The Morgan fingerprint density at radius 2 is 1.73 bits per heavy atom. The van der Waals surface area contributed by atoms with E-state index < -0.39 is 0 Å². The molecule has 0 unspecified atom stereocenters. The second kappa shape index (κ2) is 4.40. The van der Waals surface area contributed by atoms with Crippen molar-refractivity contribution < 1.29 is 0 Å². The third kappa shape index (κ3) is 1.32. The monoisotopic (exact) mass is 370 g/mol. The molecule has 7 aromatic rings. The van der Waals surface area contributed by atoms with Crippen LogP contribution in [0.3, 0.4) is 0 Å². The fourth-order valence-corrected chi connectivity index (χ4v) is 6.65. The second-order valence-corrected chi connectivity index (χ2v) is 8.58. The highest BCUT2D eigenvalue weighted by molar-refractivity contribution is 7.17. The molecule has 0 aliphatic heterocycles. The van der Waals surface area contributed by atoms with Crippen LogP contribution in [-0.4, -0.2) is 8.97 Å². The van der Waals surface area contributed by atoms with Gasteiger partial charge in [-0.05, 0) is 35.9 Å². The largest absolute Gasteiger partial charge is 0.341 e. The zero-order valence-corrected chi connectivity index (χ0v) is 15.7. The van der Waals surface area contributed by atoms with Crippen LogP contribution in [0.5, 0.6) is 0 Å². The molecule has 0 N–H and O–H groups in total. The highest BCUT2D eigenvalue weighted by Crippen LogP contribution is 2.45. The number of aryl methyl sites for hydroxylation is 1. The number of hydrogen-bond donors (Lipinski definition) is 0. The molecule has 0 aliphatic carbocycles. The van der Waals surface area contributed by atoms with E-state index in [9.17, 15) is 0 Å². The minimum atomic E-state index is 0.987. The van der Waals surface area contributed by atoms with Gasteiger partial charge < -0.3 is 4.57 Å². The number of fused-ring (bicyclic) bond motifs is 6. The van der Waals surface area contributed by atoms with E-state index in [0.29, 0.717) is 0 Å². The standard InChI is InChI=1S/C22H14N2S2/c1-2-23-16-5-3-4-12-15-10-25-11-18(15)24-21-13(14-8-9-26-22(14)24)6-7-17(23)20(21)19(12)16/h3-11H,2H2,1H3. The van der Waals surface area contributed by atoms with E-state index in [-0.39, 0.29) is 0 Å². The van der Waals surface area contributed by atoms with E-state index in [2.05, 4.69) is 68.4 Å². The summed E-state index contributed by atoms with van der Waals surface area (Å²) in [7, 11) is 0. The van der Waals surface area contributed by atoms with Gasteiger partial charge in [-0.25, -0.2) is 0 Å². The van der Waals surface area contributed by atoms with Crippen molar-refractivity contribution in [2.75, 3.05) is 0 Å². The summed E-state index contributed by atoms with van der Waals surface area (Å²) in [4.78, 5) is 1.36. The molecule has 0 saturated carbocycles. The molecule has 26 heavy (non-hydrogen) atoms. The number of aromatic nitrogens is 2. The van der Waals surface area contributed by atoms with Crippen LogP contribution < -0.4 is 0 Å². The molecule has 0 radical (unpaired) electrons. The van der Waals surface area contributed by atoms with Gasteiger partial charge in [-0.15, -0.1) is 22.7 Å². The van der Waals surface area contributed by atoms with E-state index in [1.165, 1.54) is 59.2 Å². The minimum absolute atomic E-state index is 0.987. The van der Waals surface area contributed by atoms with E-state index in [1.54, 1.807) is 11.3 Å². The lowest BCUT2D eigenvalue weighted by molar-refractivity contribution is 0.827. The van der Waals surface area contributed by atoms with Crippen molar-refractivity contribution in [1.82, 2.24) is 8.97 Å². The van der Waals surface area contributed by atoms with Crippen LogP contribution in [-0.2, 0) is 6.54 Å². The first-order valence-electron chi connectivity index (χ1n) is 8.91. The van der Waals surface area contributed by atoms with Gasteiger partial charge in [0.2, 0.25) is 0 Å². The van der Waals surface area contributed by atoms with Gasteiger partial charge in [0.25, 0.3) is 0 Å². The molecule has 124 valence electrons. The summed E-state index contributed by atoms with van der Waals surface area (Å²) in [6.07, 6.45) is 0. The molecular formula is C22H14N2S2. The van der Waals surface area contributed by atoms with E-state index in [1.807, 2.05) is 11.3 Å². The Kier molecular flexibility index (Phi) is 2.30. The van der Waals surface area contributed by atoms with Crippen LogP contribution in [0.2, 0.25) is 0 Å². The third-order valence-corrected chi connectivity index (χ3v) is 7.51. The minimum Gasteiger partial charge on any atom is -0.341 e. The Morgan fingerprint density at radius 1 is 0.808 bits per heavy atom. The van der Waals surface area contributed by atoms with Crippen LogP contribution in [0.15, 0.2) is 52.5 Å². The summed E-state index contributed by atoms with van der Waals surface area (Å²) >= 11 is 3.65. The van der Waals surface area contributed by atoms with Gasteiger partial charge in [0, 0.05) is 49.8 Å². The second-order valence-electron chi connectivity index (χ2n) is 6.95. The van der Waals surface area contributed by atoms with Gasteiger partial charge in [0.1, 0.15) is 4.83 Å². The van der Waals surface area contributed by atoms with Crippen molar-refractivity contribution >= 4 is 81.9 Å². The Morgan fingerprint density at radius 3 is 2.65 bits per heavy atom. The maximum Gasteiger partial charge on any atom is 0.108 e. The first-order valence-corrected chi connectivity index (χ1v) is 10.7. The summed E-state index contributed by atoms with van der Waals surface area (Å²) in [5.74, 6) is 0. The smallest absolute Gasteiger partial charge is 0.108 e. The third-order valence-electron chi connectivity index (χ3n) is 5.88. The normalized spacial score (nSPS) is 13.0. The molecule has 0 fully saturated rings. The molecule has 2 aromatic carbocycles. The SMILES string of the molecule is CCn1c2cccc3c4cscc4n4c5sccc5c5ccc1c(c32)c54. The van der Waals surface area contributed by atoms with Crippen molar-refractivity contribution in [2.24, 2.45) is 0 Å². The molecule has 4 heteroatoms. The molecule has 0 bridgehead atoms. The molecule has 0 amide bonds. The van der Waals surface area contributed by atoms with Crippen LogP contribution in [0.25, 0.3) is 59.2 Å². The van der Waals surface area contributed by atoms with E-state index in [4.69, 9.17) is 0 Å². The molecule has 0 atom stereocenters. The predicted octanol–water partition coefficient (Wildman–Crippen LogP) is 7.09. The summed E-state index contributed by atoms with van der Waals surface area (Å²) < 4.78 is 4.99. The Balaban J connectivity index is 2.06. The van der Waals surface area contributed by atoms with Crippen LogP contribution in [0, 0.1) is 0 Å². The molecular weight excluding hydrogens is 356 g/mol. The van der Waals surface area contributed by atoms with Crippen LogP contribution >= 0.6 is 22.7 Å². The lowest BCUT2D eigenvalue weighted by Gasteiger charge is -2.04. The predicted molar refractivity (Wildman–Crippen MR) is 116 cm³/mol. The average Bonchev–Trinajstić information content (AvgIpc) is 3.40. The van der Waals surface area contributed by atoms with Crippen molar-refractivity contribution in [1.29, 1.82) is 0 Å². The molecule has 0 saturated heterocycles. The summed E-state index contributed by atoms with van der Waals surface area (Å²) in [6, 6.07) is 13.7. The Labute approximate surface area is 156 Å². The van der Waals surface area contributed by atoms with Crippen molar-refractivity contribution in [2.45, 2.75) is 13.5 Å². The molecule has 5 heterocycles. The zero-order valence-electron chi connectivity index (χ0n) is 14.1. The number of hydrogen-bond acceptors (Lipinski definition) is 2. The van der Waals surface area contributed by atoms with Gasteiger partial charge in [0.05, 0.1) is 16.6 Å². The summed E-state index contributed by atoms with van der Waals surface area (Å²) in [5, 5.41) is 15.2. The van der Waals surface area contributed by atoms with Gasteiger partial charge in [-0.1, -0.05) is 18.2 Å². The number of nitrogens with zero attached hydrogens (tertiary/aromatic N) is 2. The van der Waals surface area contributed by atoms with E-state index in [0.717, 1.165) is 6.54 Å². The van der Waals surface area contributed by atoms with Gasteiger partial charge >= 0.3 is 0 Å². The first-order chi connectivity index (χ1) is 12.9. The van der Waals surface area contributed by atoms with Gasteiger partial charge in [-0.2, -0.15) is 0 Å². The molecule has 2 nitrogen and oxygen atoms in total. The van der Waals surface area contributed by atoms with Gasteiger partial charge in [0.15, 0.2) is 0 Å². The lowest BCUT2D eigenvalue weighted by atomic mass is 10.1. The highest BCUT2D eigenvalue weighted by Gasteiger charge is 2.22. The van der Waals surface area contributed by atoms with Crippen molar-refractivity contribution in [3.05, 3.63) is 52.5 Å². The topological polar surface area (TPSA) is 9.34 Å². The fourth-order valence-electron chi connectivity index (χ4n) is 4.90. The van der Waals surface area contributed by atoms with Crippen LogP contribution in [0.1, 0.15) is 6.92 Å². The first kappa shape index (κ1) is 13.6.